The molecule has 0 heterocycles. The van der Waals surface area contributed by atoms with Crippen LogP contribution < -0.4 is 0 Å². The summed E-state index contributed by atoms with van der Waals surface area (Å²) in [5.41, 5.74) is 0. The fraction of sp³-hybridized carbons (Fsp3) is 0.857. The Bertz CT molecular complexity index is 151. The molecule has 54 valence electrons. The smallest absolute Gasteiger partial charge is 0.302 e. The van der Waals surface area contributed by atoms with E-state index < -0.39 is 12.8 Å². The molecule has 0 unspecified atom stereocenters. The zero-order valence-corrected chi connectivity index (χ0v) is 5.81. The molecule has 0 N–H and O–H groups in total. The largest absolute Gasteiger partial charge is 0.466 e. The Balaban J connectivity index is 3.59. The van der Waals surface area contributed by atoms with E-state index in [0.717, 1.165) is 0 Å². The van der Waals surface area contributed by atoms with Crippen molar-refractivity contribution in [1.82, 2.24) is 0 Å². The van der Waals surface area contributed by atoms with E-state index in [4.69, 9.17) is 4.11 Å². The molecule has 0 fully saturated rings. The van der Waals surface area contributed by atoms with Gasteiger partial charge in [-0.1, -0.05) is 13.8 Å². The van der Waals surface area contributed by atoms with E-state index in [9.17, 15) is 4.79 Å². The monoisotopic (exact) mass is 133 g/mol. The van der Waals surface area contributed by atoms with Crippen LogP contribution in [0.2, 0.25) is 0 Å². The maximum Gasteiger partial charge on any atom is 0.302 e. The lowest BCUT2D eigenvalue weighted by atomic mass is 10.1. The van der Waals surface area contributed by atoms with Crippen LogP contribution in [0.4, 0.5) is 0 Å². The van der Waals surface area contributed by atoms with Crippen molar-refractivity contribution in [3.63, 3.8) is 0 Å². The average molecular weight is 133 g/mol. The molecule has 0 saturated carbocycles. The van der Waals surface area contributed by atoms with Gasteiger partial charge < -0.3 is 4.74 Å². The van der Waals surface area contributed by atoms with E-state index in [1.807, 2.05) is 13.8 Å². The summed E-state index contributed by atoms with van der Waals surface area (Å²) >= 11 is 0. The summed E-state index contributed by atoms with van der Waals surface area (Å²) in [7, 11) is 0. The molecule has 2 nitrogen and oxygen atoms in total. The van der Waals surface area contributed by atoms with Gasteiger partial charge in [0.1, 0.15) is 0 Å². The number of rotatable bonds is 3. The van der Waals surface area contributed by atoms with E-state index in [-0.39, 0.29) is 6.61 Å². The summed E-state index contributed by atoms with van der Waals surface area (Å²) in [6, 6.07) is 0. The normalized spacial score (nSPS) is 16.1. The lowest BCUT2D eigenvalue weighted by Gasteiger charge is -2.02. The Morgan fingerprint density at radius 3 is 2.89 bits per heavy atom. The molecule has 0 aromatic rings. The van der Waals surface area contributed by atoms with Crippen molar-refractivity contribution >= 4 is 5.97 Å². The molecule has 0 saturated heterocycles. The second-order valence-corrected chi connectivity index (χ2v) is 2.32. The molecule has 0 amide bonds. The first-order valence-electron chi connectivity index (χ1n) is 4.51. The first-order chi connectivity index (χ1) is 5.34. The van der Waals surface area contributed by atoms with Crippen LogP contribution in [0, 0.1) is 5.92 Å². The van der Waals surface area contributed by atoms with E-state index in [1.165, 1.54) is 0 Å². The predicted octanol–water partition coefficient (Wildman–Crippen LogP) is 1.60. The maximum absolute atomic E-state index is 10.7. The van der Waals surface area contributed by atoms with Gasteiger partial charge in [-0.3, -0.25) is 4.79 Å². The molecular weight excluding hydrogens is 116 g/mol. The number of hydrogen-bond donors (Lipinski definition) is 0. The third kappa shape index (κ3) is 7.47. The Morgan fingerprint density at radius 1 is 1.78 bits per heavy atom. The predicted molar refractivity (Wildman–Crippen MR) is 36.1 cm³/mol. The van der Waals surface area contributed by atoms with Gasteiger partial charge in [-0.25, -0.2) is 0 Å². The summed E-state index contributed by atoms with van der Waals surface area (Å²) < 4.78 is 24.6. The second-order valence-electron chi connectivity index (χ2n) is 2.32. The molecule has 0 aliphatic carbocycles. The lowest BCUT2D eigenvalue weighted by Crippen LogP contribution is -2.02. The number of hydrogen-bond acceptors (Lipinski definition) is 2. The molecule has 0 aromatic carbocycles. The number of carbonyl (C=O) groups is 1. The molecule has 0 aromatic heterocycles. The van der Waals surface area contributed by atoms with Crippen molar-refractivity contribution in [2.24, 2.45) is 5.92 Å². The van der Waals surface area contributed by atoms with Crippen molar-refractivity contribution in [3.05, 3.63) is 0 Å². The van der Waals surface area contributed by atoms with Gasteiger partial charge in [0.15, 0.2) is 0 Å². The van der Waals surface area contributed by atoms with Crippen LogP contribution >= 0.6 is 0 Å². The minimum Gasteiger partial charge on any atom is -0.466 e. The summed E-state index contributed by atoms with van der Waals surface area (Å²) in [5.74, 6) is -0.697. The van der Waals surface area contributed by atoms with Gasteiger partial charge in [0.25, 0.3) is 0 Å². The Labute approximate surface area is 60.4 Å². The van der Waals surface area contributed by atoms with Crippen LogP contribution in [0.25, 0.3) is 0 Å². The molecule has 0 atom stereocenters. The lowest BCUT2D eigenvalue weighted by molar-refractivity contribution is -0.141. The first kappa shape index (κ1) is 4.31. The molecule has 0 rings (SSSR count). The fourth-order valence-electron chi connectivity index (χ4n) is 0.387. The summed E-state index contributed by atoms with van der Waals surface area (Å²) in [5, 5.41) is 0. The van der Waals surface area contributed by atoms with Gasteiger partial charge in [-0.15, -0.1) is 0 Å². The van der Waals surface area contributed by atoms with Crippen molar-refractivity contribution in [1.29, 1.82) is 0 Å². The highest BCUT2D eigenvalue weighted by atomic mass is 16.5. The minimum absolute atomic E-state index is 0.189. The maximum atomic E-state index is 10.7. The topological polar surface area (TPSA) is 26.3 Å². The number of carbonyl (C=O) groups excluding carboxylic acids is 1. The summed E-state index contributed by atoms with van der Waals surface area (Å²) in [6.45, 7) is 1.53. The van der Waals surface area contributed by atoms with Crippen LogP contribution in [0.5, 0.6) is 0 Å². The molecule has 0 aliphatic rings. The number of esters is 1. The zero-order valence-electron chi connectivity index (χ0n) is 8.81. The fourth-order valence-corrected chi connectivity index (χ4v) is 0.387. The standard InChI is InChI=1S/C7H14O2/c1-6(2)4-5-9-7(3)8/h6H,4-5H2,1-3H3/i3D3. The van der Waals surface area contributed by atoms with E-state index in [2.05, 4.69) is 4.74 Å². The number of ether oxygens (including phenoxy) is 1. The Hall–Kier alpha value is -0.530. The van der Waals surface area contributed by atoms with Crippen LogP contribution in [0.3, 0.4) is 0 Å². The molecule has 0 bridgehead atoms. The Morgan fingerprint density at radius 2 is 2.44 bits per heavy atom. The van der Waals surface area contributed by atoms with Crippen molar-refractivity contribution in [3.8, 4) is 0 Å². The van der Waals surface area contributed by atoms with Crippen LogP contribution in [0.1, 0.15) is 31.2 Å². The van der Waals surface area contributed by atoms with Crippen LogP contribution in [0.15, 0.2) is 0 Å². The van der Waals surface area contributed by atoms with Crippen molar-refractivity contribution < 1.29 is 13.6 Å². The van der Waals surface area contributed by atoms with Gasteiger partial charge in [-0.2, -0.15) is 0 Å². The molecule has 9 heavy (non-hydrogen) atoms. The van der Waals surface area contributed by atoms with Gasteiger partial charge in [0.2, 0.25) is 0 Å². The van der Waals surface area contributed by atoms with Gasteiger partial charge >= 0.3 is 5.97 Å². The first-order valence-corrected chi connectivity index (χ1v) is 3.01. The van der Waals surface area contributed by atoms with Crippen molar-refractivity contribution in [2.45, 2.75) is 27.1 Å². The summed E-state index contributed by atoms with van der Waals surface area (Å²) in [4.78, 5) is 10.7. The SMILES string of the molecule is [2H]C([2H])([2H])C(=O)OCCC(C)C. The summed E-state index contributed by atoms with van der Waals surface area (Å²) in [6.07, 6.45) is 0.696. The zero-order chi connectivity index (χ0) is 9.78. The van der Waals surface area contributed by atoms with E-state index in [1.54, 1.807) is 0 Å². The molecule has 0 spiro atoms. The molecule has 0 aliphatic heterocycles. The van der Waals surface area contributed by atoms with E-state index in [0.29, 0.717) is 12.3 Å². The van der Waals surface area contributed by atoms with Gasteiger partial charge in [0.05, 0.1) is 6.61 Å². The van der Waals surface area contributed by atoms with Gasteiger partial charge in [0, 0.05) is 11.0 Å². The third-order valence-electron chi connectivity index (χ3n) is 0.928. The Kier molecular flexibility index (Phi) is 2.09. The quantitative estimate of drug-likeness (QED) is 0.546. The highest BCUT2D eigenvalue weighted by Gasteiger charge is 1.94. The van der Waals surface area contributed by atoms with Crippen molar-refractivity contribution in [2.75, 3.05) is 6.61 Å². The molecular formula is C7H14O2. The highest BCUT2D eigenvalue weighted by Crippen LogP contribution is 1.98. The minimum atomic E-state index is -2.61. The third-order valence-corrected chi connectivity index (χ3v) is 0.928. The van der Waals surface area contributed by atoms with Crippen LogP contribution in [-0.2, 0) is 9.53 Å². The second kappa shape index (κ2) is 4.36. The molecule has 2 heteroatoms. The average Bonchev–Trinajstić information content (AvgIpc) is 1.84. The van der Waals surface area contributed by atoms with Gasteiger partial charge in [-0.05, 0) is 12.3 Å². The molecule has 0 radical (unpaired) electrons. The van der Waals surface area contributed by atoms with E-state index >= 15 is 0 Å². The van der Waals surface area contributed by atoms with Crippen LogP contribution in [-0.4, -0.2) is 12.6 Å². The highest BCUT2D eigenvalue weighted by molar-refractivity contribution is 5.65.